The molecular weight excluding hydrogens is 510 g/mol. The predicted octanol–water partition coefficient (Wildman–Crippen LogP) is 4.25. The smallest absolute Gasteiger partial charge is 0.407 e. The van der Waals surface area contributed by atoms with Gasteiger partial charge in [-0.1, -0.05) is 18.2 Å². The summed E-state index contributed by atoms with van der Waals surface area (Å²) in [7, 11) is 0. The number of nitrogens with one attached hydrogen (secondary N) is 3. The quantitative estimate of drug-likeness (QED) is 0.389. The van der Waals surface area contributed by atoms with Crippen molar-refractivity contribution in [3.8, 4) is 5.75 Å². The van der Waals surface area contributed by atoms with E-state index in [1.807, 2.05) is 0 Å². The van der Waals surface area contributed by atoms with Gasteiger partial charge >= 0.3 is 12.3 Å². The Balaban J connectivity index is 1.39. The van der Waals surface area contributed by atoms with E-state index in [2.05, 4.69) is 25.9 Å². The molecule has 0 unspecified atom stereocenters. The number of hydrogen-bond acceptors (Lipinski definition) is 7. The van der Waals surface area contributed by atoms with Gasteiger partial charge in [0, 0.05) is 30.8 Å². The van der Waals surface area contributed by atoms with Crippen LogP contribution in [0.2, 0.25) is 0 Å². The van der Waals surface area contributed by atoms with Crippen molar-refractivity contribution in [3.05, 3.63) is 77.6 Å². The molecule has 2 heterocycles. The Labute approximate surface area is 214 Å². The van der Waals surface area contributed by atoms with Crippen LogP contribution in [0.3, 0.4) is 0 Å². The Morgan fingerprint density at radius 3 is 2.53 bits per heavy atom. The molecule has 2 aromatic carbocycles. The maximum absolute atomic E-state index is 14.8. The number of nitrogens with zero attached hydrogens (tertiary/aromatic N) is 2. The van der Waals surface area contributed by atoms with E-state index in [0.29, 0.717) is 5.82 Å². The lowest BCUT2D eigenvalue weighted by Crippen LogP contribution is -2.59. The van der Waals surface area contributed by atoms with Gasteiger partial charge in [-0.2, -0.15) is 13.2 Å². The molecule has 1 saturated heterocycles. The summed E-state index contributed by atoms with van der Waals surface area (Å²) in [6, 6.07) is 8.61. The van der Waals surface area contributed by atoms with Crippen molar-refractivity contribution in [2.45, 2.75) is 31.6 Å². The molecule has 1 aliphatic rings. The van der Waals surface area contributed by atoms with Crippen LogP contribution in [0.25, 0.3) is 0 Å². The largest absolute Gasteiger partial charge is 0.418 e. The van der Waals surface area contributed by atoms with Gasteiger partial charge < -0.3 is 25.4 Å². The van der Waals surface area contributed by atoms with Gasteiger partial charge in [0.05, 0.1) is 30.3 Å². The first-order valence-corrected chi connectivity index (χ1v) is 11.4. The number of aromatic nitrogens is 2. The van der Waals surface area contributed by atoms with Crippen LogP contribution in [-0.4, -0.2) is 40.7 Å². The van der Waals surface area contributed by atoms with Crippen LogP contribution in [-0.2, 0) is 22.3 Å². The molecule has 0 spiro atoms. The van der Waals surface area contributed by atoms with Crippen LogP contribution in [0.1, 0.15) is 23.4 Å². The van der Waals surface area contributed by atoms with Gasteiger partial charge in [0.25, 0.3) is 0 Å². The zero-order valence-corrected chi connectivity index (χ0v) is 20.1. The number of benzene rings is 2. The van der Waals surface area contributed by atoms with Crippen LogP contribution in [0, 0.1) is 12.7 Å². The molecule has 0 radical (unpaired) electrons. The Hall–Kier alpha value is -4.26. The Morgan fingerprint density at radius 1 is 1.13 bits per heavy atom. The minimum atomic E-state index is -4.58. The summed E-state index contributed by atoms with van der Waals surface area (Å²) >= 11 is 0. The first-order chi connectivity index (χ1) is 18.1. The highest BCUT2D eigenvalue weighted by Crippen LogP contribution is 2.36. The third-order valence-corrected chi connectivity index (χ3v) is 5.77. The SMILES string of the molecule is Cc1ncc(OC(=O)N[C@@]2(C(=O)NCc3ccc(Nc4ccccc4C(F)(F)F)cc3F)CCOC2)cn1. The molecule has 3 N–H and O–H groups in total. The Morgan fingerprint density at radius 2 is 1.87 bits per heavy atom. The molecule has 4 rings (SSSR count). The van der Waals surface area contributed by atoms with E-state index in [-0.39, 0.29) is 48.9 Å². The summed E-state index contributed by atoms with van der Waals surface area (Å²) in [5, 5.41) is 7.66. The Kier molecular flexibility index (Phi) is 7.76. The number of para-hydroxylation sites is 1. The minimum absolute atomic E-state index is 0.0798. The molecule has 0 aliphatic carbocycles. The van der Waals surface area contributed by atoms with Crippen LogP contribution in [0.5, 0.6) is 5.75 Å². The number of amides is 2. The lowest BCUT2D eigenvalue weighted by Gasteiger charge is -2.27. The number of ether oxygens (including phenoxy) is 2. The number of hydrogen-bond donors (Lipinski definition) is 3. The predicted molar refractivity (Wildman–Crippen MR) is 127 cm³/mol. The highest BCUT2D eigenvalue weighted by molar-refractivity contribution is 5.90. The summed E-state index contributed by atoms with van der Waals surface area (Å²) in [6.45, 7) is 1.50. The second kappa shape index (κ2) is 11.0. The molecule has 1 atom stereocenters. The summed E-state index contributed by atoms with van der Waals surface area (Å²) < 4.78 is 64.9. The summed E-state index contributed by atoms with van der Waals surface area (Å²) in [5.41, 5.74) is -2.37. The van der Waals surface area contributed by atoms with Crippen molar-refractivity contribution < 1.29 is 36.6 Å². The lowest BCUT2D eigenvalue weighted by atomic mass is 9.97. The van der Waals surface area contributed by atoms with Crippen molar-refractivity contribution in [1.29, 1.82) is 0 Å². The fraction of sp³-hybridized carbons (Fsp3) is 0.280. The maximum Gasteiger partial charge on any atom is 0.418 e. The van der Waals surface area contributed by atoms with Gasteiger partial charge in [-0.05, 0) is 31.2 Å². The molecule has 0 bridgehead atoms. The molecule has 1 fully saturated rings. The molecule has 1 aromatic heterocycles. The van der Waals surface area contributed by atoms with Crippen molar-refractivity contribution in [2.75, 3.05) is 18.5 Å². The molecule has 2 amide bonds. The fourth-order valence-electron chi connectivity index (χ4n) is 3.77. The monoisotopic (exact) mass is 533 g/mol. The first kappa shape index (κ1) is 26.8. The summed E-state index contributed by atoms with van der Waals surface area (Å²) in [6.07, 6.45) is -2.73. The molecule has 200 valence electrons. The van der Waals surface area contributed by atoms with Crippen molar-refractivity contribution in [3.63, 3.8) is 0 Å². The fourth-order valence-corrected chi connectivity index (χ4v) is 3.77. The first-order valence-electron chi connectivity index (χ1n) is 11.4. The average Bonchev–Trinajstić information content (AvgIpc) is 3.34. The standard InChI is InChI=1S/C25H23F4N5O4/c1-15-30-12-18(13-31-15)38-23(36)34-24(8-9-37-14-24)22(35)32-11-16-6-7-17(10-20(16)26)33-21-5-3-2-4-19(21)25(27,28)29/h2-7,10,12-13,33H,8-9,11,14H2,1H3,(H,32,35)(H,34,36)/t24-/m0/s1. The minimum Gasteiger partial charge on any atom is -0.407 e. The highest BCUT2D eigenvalue weighted by atomic mass is 19.4. The van der Waals surface area contributed by atoms with E-state index in [1.54, 1.807) is 6.92 Å². The number of carbonyl (C=O) groups is 2. The van der Waals surface area contributed by atoms with Crippen LogP contribution in [0.15, 0.2) is 54.9 Å². The van der Waals surface area contributed by atoms with Crippen LogP contribution >= 0.6 is 0 Å². The second-order valence-electron chi connectivity index (χ2n) is 8.52. The van der Waals surface area contributed by atoms with Crippen molar-refractivity contribution in [2.24, 2.45) is 0 Å². The van der Waals surface area contributed by atoms with Gasteiger partial charge in [-0.25, -0.2) is 19.2 Å². The third kappa shape index (κ3) is 6.35. The Bertz CT molecular complexity index is 1310. The van der Waals surface area contributed by atoms with E-state index in [4.69, 9.17) is 9.47 Å². The van der Waals surface area contributed by atoms with Crippen LogP contribution in [0.4, 0.5) is 33.7 Å². The topological polar surface area (TPSA) is 114 Å². The maximum atomic E-state index is 14.8. The van der Waals surface area contributed by atoms with Gasteiger partial charge in [0.2, 0.25) is 5.91 Å². The zero-order chi connectivity index (χ0) is 27.3. The average molecular weight is 533 g/mol. The second-order valence-corrected chi connectivity index (χ2v) is 8.52. The number of halogens is 4. The highest BCUT2D eigenvalue weighted by Gasteiger charge is 2.44. The van der Waals surface area contributed by atoms with Crippen molar-refractivity contribution in [1.82, 2.24) is 20.6 Å². The van der Waals surface area contributed by atoms with Gasteiger partial charge in [0.1, 0.15) is 17.2 Å². The van der Waals surface area contributed by atoms with E-state index < -0.39 is 35.1 Å². The van der Waals surface area contributed by atoms with Gasteiger partial charge in [-0.15, -0.1) is 0 Å². The number of aryl methyl sites for hydroxylation is 1. The molecule has 13 heteroatoms. The zero-order valence-electron chi connectivity index (χ0n) is 20.1. The lowest BCUT2D eigenvalue weighted by molar-refractivity contribution is -0.137. The van der Waals surface area contributed by atoms with Crippen LogP contribution < -0.4 is 20.7 Å². The van der Waals surface area contributed by atoms with Gasteiger partial charge in [-0.3, -0.25) is 4.79 Å². The molecule has 0 saturated carbocycles. The van der Waals surface area contributed by atoms with E-state index in [0.717, 1.165) is 12.1 Å². The molecule has 9 nitrogen and oxygen atoms in total. The number of carbonyl (C=O) groups excluding carboxylic acids is 2. The number of anilines is 2. The molecule has 3 aromatic rings. The summed E-state index contributed by atoms with van der Waals surface area (Å²) in [4.78, 5) is 33.2. The summed E-state index contributed by atoms with van der Waals surface area (Å²) in [5.74, 6) is -0.799. The normalized spacial score (nSPS) is 17.1. The molecule has 1 aliphatic heterocycles. The van der Waals surface area contributed by atoms with E-state index >= 15 is 0 Å². The third-order valence-electron chi connectivity index (χ3n) is 5.77. The molecule has 38 heavy (non-hydrogen) atoms. The van der Waals surface area contributed by atoms with E-state index in [1.165, 1.54) is 42.7 Å². The van der Waals surface area contributed by atoms with Gasteiger partial charge in [0.15, 0.2) is 5.75 Å². The number of rotatable bonds is 7. The van der Waals surface area contributed by atoms with Crippen molar-refractivity contribution >= 4 is 23.4 Å². The van der Waals surface area contributed by atoms with E-state index in [9.17, 15) is 27.2 Å². The molecular formula is C25H23F4N5O4. The number of alkyl halides is 3.